The summed E-state index contributed by atoms with van der Waals surface area (Å²) in [6.45, 7) is 3.89. The smallest absolute Gasteiger partial charge is 0.235 e. The SMILES string of the molecule is CCC(CC)NC(=O)CS(=O)(=O)c1ccc(Cl)cc1. The van der Waals surface area contributed by atoms with E-state index < -0.39 is 21.5 Å². The first-order valence-corrected chi connectivity index (χ1v) is 8.19. The van der Waals surface area contributed by atoms with Crippen molar-refractivity contribution < 1.29 is 13.2 Å². The van der Waals surface area contributed by atoms with E-state index in [0.717, 1.165) is 12.8 Å². The van der Waals surface area contributed by atoms with Crippen LogP contribution in [0.4, 0.5) is 0 Å². The number of halogens is 1. The van der Waals surface area contributed by atoms with E-state index in [-0.39, 0.29) is 10.9 Å². The number of amides is 1. The summed E-state index contributed by atoms with van der Waals surface area (Å²) in [4.78, 5) is 11.8. The first-order chi connectivity index (χ1) is 8.89. The van der Waals surface area contributed by atoms with Crippen molar-refractivity contribution in [3.8, 4) is 0 Å². The molecule has 0 saturated heterocycles. The highest BCUT2D eigenvalue weighted by Gasteiger charge is 2.20. The minimum absolute atomic E-state index is 0.0212. The second-order valence-electron chi connectivity index (χ2n) is 4.29. The summed E-state index contributed by atoms with van der Waals surface area (Å²) in [5.41, 5.74) is 0. The molecule has 1 N–H and O–H groups in total. The summed E-state index contributed by atoms with van der Waals surface area (Å²) >= 11 is 5.70. The molecule has 6 heteroatoms. The van der Waals surface area contributed by atoms with Gasteiger partial charge in [0.15, 0.2) is 9.84 Å². The van der Waals surface area contributed by atoms with E-state index in [9.17, 15) is 13.2 Å². The monoisotopic (exact) mass is 303 g/mol. The lowest BCUT2D eigenvalue weighted by molar-refractivity contribution is -0.119. The zero-order valence-electron chi connectivity index (χ0n) is 11.0. The first-order valence-electron chi connectivity index (χ1n) is 6.16. The van der Waals surface area contributed by atoms with Gasteiger partial charge >= 0.3 is 0 Å². The molecule has 0 saturated carbocycles. The van der Waals surface area contributed by atoms with Crippen molar-refractivity contribution in [2.75, 3.05) is 5.75 Å². The number of carbonyl (C=O) groups is 1. The molecule has 0 heterocycles. The molecule has 0 aliphatic carbocycles. The Balaban J connectivity index is 2.74. The molecule has 0 aliphatic heterocycles. The molecule has 1 amide bonds. The van der Waals surface area contributed by atoms with Crippen LogP contribution in [-0.2, 0) is 14.6 Å². The van der Waals surface area contributed by atoms with Gasteiger partial charge in [0.2, 0.25) is 5.91 Å². The lowest BCUT2D eigenvalue weighted by Crippen LogP contribution is -2.37. The van der Waals surface area contributed by atoms with Crippen molar-refractivity contribution in [1.82, 2.24) is 5.32 Å². The van der Waals surface area contributed by atoms with E-state index in [0.29, 0.717) is 5.02 Å². The average molecular weight is 304 g/mol. The maximum atomic E-state index is 12.0. The maximum Gasteiger partial charge on any atom is 0.235 e. The lowest BCUT2D eigenvalue weighted by Gasteiger charge is -2.14. The predicted molar refractivity (Wildman–Crippen MR) is 76.0 cm³/mol. The second kappa shape index (κ2) is 6.91. The van der Waals surface area contributed by atoms with E-state index in [1.165, 1.54) is 24.3 Å². The third kappa shape index (κ3) is 4.84. The third-order valence-corrected chi connectivity index (χ3v) is 4.73. The van der Waals surface area contributed by atoms with E-state index in [2.05, 4.69) is 5.32 Å². The Morgan fingerprint density at radius 1 is 1.21 bits per heavy atom. The summed E-state index contributed by atoms with van der Waals surface area (Å²) in [6.07, 6.45) is 1.56. The summed E-state index contributed by atoms with van der Waals surface area (Å²) in [7, 11) is -3.61. The fraction of sp³-hybridized carbons (Fsp3) is 0.462. The van der Waals surface area contributed by atoms with Crippen molar-refractivity contribution in [3.05, 3.63) is 29.3 Å². The Bertz CT molecular complexity index is 521. The standard InChI is InChI=1S/C13H18ClNO3S/c1-3-11(4-2)15-13(16)9-19(17,18)12-7-5-10(14)6-8-12/h5-8,11H,3-4,9H2,1-2H3,(H,15,16). The molecule has 0 atom stereocenters. The van der Waals surface area contributed by atoms with E-state index >= 15 is 0 Å². The number of benzene rings is 1. The molecule has 1 rings (SSSR count). The Morgan fingerprint density at radius 3 is 2.21 bits per heavy atom. The normalized spacial score (nSPS) is 11.6. The van der Waals surface area contributed by atoms with Crippen LogP contribution >= 0.6 is 11.6 Å². The quantitative estimate of drug-likeness (QED) is 0.878. The maximum absolute atomic E-state index is 12.0. The largest absolute Gasteiger partial charge is 0.353 e. The molecule has 0 fully saturated rings. The Kier molecular flexibility index (Phi) is 5.82. The van der Waals surface area contributed by atoms with E-state index in [4.69, 9.17) is 11.6 Å². The summed E-state index contributed by atoms with van der Waals surface area (Å²) in [6, 6.07) is 5.82. The van der Waals surface area contributed by atoms with Gasteiger partial charge in [-0.1, -0.05) is 25.4 Å². The highest BCUT2D eigenvalue weighted by Crippen LogP contribution is 2.15. The fourth-order valence-corrected chi connectivity index (χ4v) is 2.93. The number of hydrogen-bond acceptors (Lipinski definition) is 3. The first kappa shape index (κ1) is 16.0. The van der Waals surface area contributed by atoms with Crippen LogP contribution in [0.25, 0.3) is 0 Å². The van der Waals surface area contributed by atoms with Gasteiger partial charge in [-0.2, -0.15) is 0 Å². The van der Waals surface area contributed by atoms with Crippen LogP contribution in [0.5, 0.6) is 0 Å². The van der Waals surface area contributed by atoms with Gasteiger partial charge in [0.05, 0.1) is 4.90 Å². The third-order valence-electron chi connectivity index (χ3n) is 2.84. The van der Waals surface area contributed by atoms with Gasteiger partial charge in [-0.05, 0) is 37.1 Å². The Morgan fingerprint density at radius 2 is 1.74 bits per heavy atom. The van der Waals surface area contributed by atoms with Gasteiger partial charge in [-0.25, -0.2) is 8.42 Å². The van der Waals surface area contributed by atoms with E-state index in [1.54, 1.807) is 0 Å². The molecule has 0 aliphatic rings. The van der Waals surface area contributed by atoms with Gasteiger partial charge in [0.1, 0.15) is 5.75 Å². The van der Waals surface area contributed by atoms with Crippen LogP contribution in [0.3, 0.4) is 0 Å². The fourth-order valence-electron chi connectivity index (χ4n) is 1.66. The molecule has 0 bridgehead atoms. The Labute approximate surface area is 119 Å². The summed E-state index contributed by atoms with van der Waals surface area (Å²) < 4.78 is 24.0. The molecular formula is C13H18ClNO3S. The van der Waals surface area contributed by atoms with Crippen molar-refractivity contribution in [2.45, 2.75) is 37.6 Å². The van der Waals surface area contributed by atoms with Crippen LogP contribution < -0.4 is 5.32 Å². The minimum Gasteiger partial charge on any atom is -0.353 e. The molecule has 19 heavy (non-hydrogen) atoms. The number of nitrogens with one attached hydrogen (secondary N) is 1. The van der Waals surface area contributed by atoms with Crippen LogP contribution in [0.15, 0.2) is 29.2 Å². The zero-order chi connectivity index (χ0) is 14.5. The van der Waals surface area contributed by atoms with Crippen LogP contribution in [-0.4, -0.2) is 26.1 Å². The molecule has 106 valence electrons. The van der Waals surface area contributed by atoms with Gasteiger partial charge < -0.3 is 5.32 Å². The number of rotatable bonds is 6. The second-order valence-corrected chi connectivity index (χ2v) is 6.72. The molecule has 0 radical (unpaired) electrons. The highest BCUT2D eigenvalue weighted by atomic mass is 35.5. The average Bonchev–Trinajstić information content (AvgIpc) is 2.35. The van der Waals surface area contributed by atoms with Crippen molar-refractivity contribution in [3.63, 3.8) is 0 Å². The summed E-state index contributed by atoms with van der Waals surface area (Å²) in [5, 5.41) is 3.17. The topological polar surface area (TPSA) is 63.2 Å². The predicted octanol–water partition coefficient (Wildman–Crippen LogP) is 2.42. The van der Waals surface area contributed by atoms with E-state index in [1.807, 2.05) is 13.8 Å². The zero-order valence-corrected chi connectivity index (χ0v) is 12.6. The van der Waals surface area contributed by atoms with Gasteiger partial charge in [0.25, 0.3) is 0 Å². The molecule has 4 nitrogen and oxygen atoms in total. The van der Waals surface area contributed by atoms with Crippen LogP contribution in [0.1, 0.15) is 26.7 Å². The van der Waals surface area contributed by atoms with Gasteiger partial charge in [-0.15, -0.1) is 0 Å². The lowest BCUT2D eigenvalue weighted by atomic mass is 10.2. The number of hydrogen-bond donors (Lipinski definition) is 1. The molecule has 0 aromatic heterocycles. The van der Waals surface area contributed by atoms with Gasteiger partial charge in [-0.3, -0.25) is 4.79 Å². The molecule has 0 spiro atoms. The molecule has 1 aromatic rings. The molecule has 0 unspecified atom stereocenters. The van der Waals surface area contributed by atoms with Crippen LogP contribution in [0.2, 0.25) is 5.02 Å². The summed E-state index contributed by atoms with van der Waals surface area (Å²) in [5.74, 6) is -1.01. The molecule has 1 aromatic carbocycles. The van der Waals surface area contributed by atoms with Crippen molar-refractivity contribution >= 4 is 27.3 Å². The number of sulfone groups is 1. The minimum atomic E-state index is -3.61. The Hall–Kier alpha value is -1.07. The van der Waals surface area contributed by atoms with Gasteiger partial charge in [0, 0.05) is 11.1 Å². The van der Waals surface area contributed by atoms with Crippen molar-refractivity contribution in [2.24, 2.45) is 0 Å². The van der Waals surface area contributed by atoms with Crippen molar-refractivity contribution in [1.29, 1.82) is 0 Å². The number of carbonyl (C=O) groups excluding carboxylic acids is 1. The van der Waals surface area contributed by atoms with Crippen LogP contribution in [0, 0.1) is 0 Å². The molecular weight excluding hydrogens is 286 g/mol. The highest BCUT2D eigenvalue weighted by molar-refractivity contribution is 7.92.